The maximum Gasteiger partial charge on any atom is 0.221 e. The first-order valence-corrected chi connectivity index (χ1v) is 27.9. The van der Waals surface area contributed by atoms with Crippen LogP contribution in [0, 0.1) is 0 Å². The van der Waals surface area contributed by atoms with Crippen LogP contribution in [0.4, 0.5) is 0 Å². The Labute approximate surface area is 414 Å². The van der Waals surface area contributed by atoms with E-state index in [1.54, 1.807) is 0 Å². The number of amides is 2. The van der Waals surface area contributed by atoms with E-state index in [0.717, 1.165) is 78.3 Å². The summed E-state index contributed by atoms with van der Waals surface area (Å²) < 4.78 is 1.23. The first-order valence-electron chi connectivity index (χ1n) is 26.8. The SMILES string of the molecule is C.CCCCCCBr.CCCCCCCCCCCCNC(=O)CCN1CCN(C)CC1.CCCCCCCCCCCCNC(=O)CCN1CC[N+](C)(CCCCCC)CC1.[Br-]. The van der Waals surface area contributed by atoms with Crippen molar-refractivity contribution in [3.05, 3.63) is 0 Å². The summed E-state index contributed by atoms with van der Waals surface area (Å²) in [6.45, 7) is 23.2. The van der Waals surface area contributed by atoms with E-state index in [4.69, 9.17) is 0 Å². The highest BCUT2D eigenvalue weighted by molar-refractivity contribution is 9.09. The minimum Gasteiger partial charge on any atom is -1.00 e. The second kappa shape index (κ2) is 51.1. The van der Waals surface area contributed by atoms with Gasteiger partial charge in [-0.1, -0.05) is 199 Å². The van der Waals surface area contributed by atoms with Crippen LogP contribution in [0.15, 0.2) is 0 Å². The Morgan fingerprint density at radius 2 is 0.794 bits per heavy atom. The minimum atomic E-state index is 0. The summed E-state index contributed by atoms with van der Waals surface area (Å²) in [5, 5.41) is 7.39. The molecule has 2 N–H and O–H groups in total. The molecule has 0 saturated carbocycles. The smallest absolute Gasteiger partial charge is 0.221 e. The maximum absolute atomic E-state index is 12.1. The predicted molar refractivity (Wildman–Crippen MR) is 279 cm³/mol. The van der Waals surface area contributed by atoms with Crippen LogP contribution in [-0.2, 0) is 9.59 Å². The number of likely N-dealkylation sites (N-methyl/N-ethyl adjacent to an activating group) is 2. The highest BCUT2D eigenvalue weighted by Crippen LogP contribution is 2.14. The highest BCUT2D eigenvalue weighted by atomic mass is 79.9. The van der Waals surface area contributed by atoms with Crippen LogP contribution in [-0.4, -0.2) is 136 Å². The number of nitrogens with zero attached hydrogens (tertiary/aromatic N) is 4. The molecule has 2 amide bonds. The summed E-state index contributed by atoms with van der Waals surface area (Å²) in [6, 6.07) is 0. The van der Waals surface area contributed by atoms with Crippen LogP contribution in [0.3, 0.4) is 0 Å². The second-order valence-electron chi connectivity index (χ2n) is 19.2. The monoisotopic (exact) mass is 1020 g/mol. The van der Waals surface area contributed by atoms with E-state index in [1.807, 2.05) is 0 Å². The van der Waals surface area contributed by atoms with Gasteiger partial charge in [0.2, 0.25) is 11.8 Å². The van der Waals surface area contributed by atoms with Gasteiger partial charge in [0, 0.05) is 83.6 Å². The highest BCUT2D eigenvalue weighted by Gasteiger charge is 2.28. The van der Waals surface area contributed by atoms with E-state index in [9.17, 15) is 9.59 Å². The lowest BCUT2D eigenvalue weighted by Crippen LogP contribution is -3.00. The van der Waals surface area contributed by atoms with Gasteiger partial charge in [-0.05, 0) is 39.2 Å². The summed E-state index contributed by atoms with van der Waals surface area (Å²) in [5.74, 6) is 0.471. The van der Waals surface area contributed by atoms with Crippen molar-refractivity contribution in [2.24, 2.45) is 0 Å². The number of nitrogens with one attached hydrogen (secondary N) is 2. The Morgan fingerprint density at radius 1 is 0.476 bits per heavy atom. The molecule has 10 heteroatoms. The number of alkyl halides is 1. The van der Waals surface area contributed by atoms with Gasteiger partial charge in [0.1, 0.15) is 0 Å². The number of hydrogen-bond acceptors (Lipinski definition) is 5. The average Bonchev–Trinajstić information content (AvgIpc) is 3.26. The molecule has 2 saturated heterocycles. The zero-order valence-corrected chi connectivity index (χ0v) is 45.6. The van der Waals surface area contributed by atoms with Crippen LogP contribution in [0.2, 0.25) is 0 Å². The van der Waals surface area contributed by atoms with Crippen LogP contribution in [0.1, 0.15) is 228 Å². The molecule has 0 radical (unpaired) electrons. The van der Waals surface area contributed by atoms with Gasteiger partial charge >= 0.3 is 0 Å². The van der Waals surface area contributed by atoms with Gasteiger partial charge in [0.15, 0.2) is 0 Å². The van der Waals surface area contributed by atoms with Crippen LogP contribution >= 0.6 is 15.9 Å². The van der Waals surface area contributed by atoms with Crippen molar-refractivity contribution in [2.45, 2.75) is 228 Å². The molecule has 8 nitrogen and oxygen atoms in total. The van der Waals surface area contributed by atoms with Crippen molar-refractivity contribution in [1.82, 2.24) is 25.3 Å². The van der Waals surface area contributed by atoms with Crippen LogP contribution in [0.25, 0.3) is 0 Å². The van der Waals surface area contributed by atoms with Gasteiger partial charge in [0.25, 0.3) is 0 Å². The molecule has 2 rings (SSSR count). The number of piperazine rings is 2. The largest absolute Gasteiger partial charge is 1.00 e. The Kier molecular flexibility index (Phi) is 54.4. The second-order valence-corrected chi connectivity index (χ2v) is 19.9. The molecular weight excluding hydrogens is 912 g/mol. The number of halogens is 2. The lowest BCUT2D eigenvalue weighted by Gasteiger charge is -2.42. The molecule has 2 aliphatic heterocycles. The number of carbonyl (C=O) groups is 2. The third kappa shape index (κ3) is 46.6. The number of carbonyl (C=O) groups excluding carboxylic acids is 2. The molecule has 2 heterocycles. The molecule has 0 unspecified atom stereocenters. The molecule has 0 aromatic heterocycles. The predicted octanol–water partition coefficient (Wildman–Crippen LogP) is 10.0. The van der Waals surface area contributed by atoms with Crippen LogP contribution < -0.4 is 27.6 Å². The maximum atomic E-state index is 12.1. The number of hydrogen-bond donors (Lipinski definition) is 2. The van der Waals surface area contributed by atoms with Gasteiger partial charge in [0.05, 0.1) is 26.7 Å². The zero-order chi connectivity index (χ0) is 44.9. The zero-order valence-electron chi connectivity index (χ0n) is 42.5. The fraction of sp³-hybridized carbons (Fsp3) is 0.962. The van der Waals surface area contributed by atoms with E-state index >= 15 is 0 Å². The van der Waals surface area contributed by atoms with Crippen LogP contribution in [0.5, 0.6) is 0 Å². The number of rotatable bonds is 37. The number of quaternary nitrogens is 1. The lowest BCUT2D eigenvalue weighted by atomic mass is 10.1. The molecule has 0 aromatic carbocycles. The normalized spacial score (nSPS) is 15.2. The molecule has 0 aromatic rings. The summed E-state index contributed by atoms with van der Waals surface area (Å²) in [4.78, 5) is 31.2. The fourth-order valence-corrected chi connectivity index (χ4v) is 8.72. The molecular formula is C53H112Br2N6O2. The third-order valence-electron chi connectivity index (χ3n) is 13.1. The summed E-state index contributed by atoms with van der Waals surface area (Å²) in [5.41, 5.74) is 0. The fourth-order valence-electron chi connectivity index (χ4n) is 8.33. The quantitative estimate of drug-likeness (QED) is 0.0369. The average molecular weight is 1030 g/mol. The Morgan fingerprint density at radius 3 is 1.16 bits per heavy atom. The molecule has 380 valence electrons. The molecule has 0 aliphatic carbocycles. The van der Waals surface area contributed by atoms with E-state index < -0.39 is 0 Å². The van der Waals surface area contributed by atoms with Crippen molar-refractivity contribution in [3.8, 4) is 0 Å². The van der Waals surface area contributed by atoms with Gasteiger partial charge in [-0.2, -0.15) is 0 Å². The summed E-state index contributed by atoms with van der Waals surface area (Å²) in [6.07, 6.45) is 39.1. The first-order chi connectivity index (χ1) is 29.7. The van der Waals surface area contributed by atoms with Crippen molar-refractivity contribution in [2.75, 3.05) is 105 Å². The van der Waals surface area contributed by atoms with Crippen molar-refractivity contribution < 1.29 is 31.1 Å². The topological polar surface area (TPSA) is 67.9 Å². The van der Waals surface area contributed by atoms with Crippen molar-refractivity contribution in [3.63, 3.8) is 0 Å². The van der Waals surface area contributed by atoms with Gasteiger partial charge < -0.3 is 41.9 Å². The molecule has 63 heavy (non-hydrogen) atoms. The van der Waals surface area contributed by atoms with E-state index in [-0.39, 0.29) is 36.2 Å². The molecule has 0 atom stereocenters. The van der Waals surface area contributed by atoms with Crippen molar-refractivity contribution in [1.29, 1.82) is 0 Å². The molecule has 2 fully saturated rings. The van der Waals surface area contributed by atoms with E-state index in [1.165, 1.54) is 196 Å². The molecule has 0 bridgehead atoms. The summed E-state index contributed by atoms with van der Waals surface area (Å²) in [7, 11) is 4.58. The van der Waals surface area contributed by atoms with Gasteiger partial charge in [-0.3, -0.25) is 14.5 Å². The van der Waals surface area contributed by atoms with E-state index in [2.05, 4.69) is 83.1 Å². The first kappa shape index (κ1) is 67.0. The van der Waals surface area contributed by atoms with Crippen molar-refractivity contribution >= 4 is 27.7 Å². The lowest BCUT2D eigenvalue weighted by molar-refractivity contribution is -0.913. The Bertz CT molecular complexity index is 927. The molecule has 0 spiro atoms. The standard InChI is InChI=1S/C26H53N3O.C20H41N3O.C6H13Br.CH4.BrH/c1-4-6-8-10-11-12-13-14-15-16-19-27-26(30)18-20-28-21-24-29(3,25-22-28)23-17-9-7-5-2;1-3-4-5-6-7-8-9-10-11-12-14-21-20(24)13-15-23-18-16-22(2)17-19-23;1-2-3-4-5-6-7;;/h4-25H2,1-3H3;3-19H2,1-2H3,(H,21,24);2-6H2,1H3;1H4;1H. The van der Waals surface area contributed by atoms with Gasteiger partial charge in [-0.15, -0.1) is 0 Å². The third-order valence-corrected chi connectivity index (χ3v) is 13.6. The van der Waals surface area contributed by atoms with Gasteiger partial charge in [-0.25, -0.2) is 0 Å². The number of unbranched alkanes of at least 4 members (excludes halogenated alkanes) is 24. The molecule has 2 aliphatic rings. The Hall–Kier alpha value is -0.260. The summed E-state index contributed by atoms with van der Waals surface area (Å²) >= 11 is 3.38. The minimum absolute atomic E-state index is 0. The van der Waals surface area contributed by atoms with E-state index in [0.29, 0.717) is 12.8 Å². The Balaban J connectivity index is -0.000000979.